The number of hydrogen-bond acceptors (Lipinski definition) is 1. The minimum atomic E-state index is 0.565. The van der Waals surface area contributed by atoms with Gasteiger partial charge < -0.3 is 10.3 Å². The van der Waals surface area contributed by atoms with Crippen LogP contribution in [-0.4, -0.2) is 4.57 Å². The SMILES string of the molecule is [C-]#[N+]c1c(C)c(C)n(C)c1N. The Kier molecular flexibility index (Phi) is 1.61. The Bertz CT molecular complexity index is 303. The van der Waals surface area contributed by atoms with Gasteiger partial charge >= 0.3 is 0 Å². The number of aromatic nitrogens is 1. The van der Waals surface area contributed by atoms with Crippen LogP contribution >= 0.6 is 0 Å². The summed E-state index contributed by atoms with van der Waals surface area (Å²) in [5, 5.41) is 0. The molecule has 1 heterocycles. The van der Waals surface area contributed by atoms with Gasteiger partial charge in [-0.25, -0.2) is 4.85 Å². The van der Waals surface area contributed by atoms with Crippen LogP contribution in [0.3, 0.4) is 0 Å². The highest BCUT2D eigenvalue weighted by atomic mass is 15.1. The molecule has 0 spiro atoms. The van der Waals surface area contributed by atoms with Crippen LogP contribution in [0.2, 0.25) is 0 Å². The molecule has 0 aliphatic carbocycles. The molecule has 1 rings (SSSR count). The molecule has 1 aromatic heterocycles. The van der Waals surface area contributed by atoms with Crippen LogP contribution in [0.5, 0.6) is 0 Å². The van der Waals surface area contributed by atoms with Gasteiger partial charge in [0, 0.05) is 12.7 Å². The Morgan fingerprint density at radius 3 is 2.18 bits per heavy atom. The number of anilines is 1. The monoisotopic (exact) mass is 149 g/mol. The molecule has 1 aromatic rings. The van der Waals surface area contributed by atoms with Gasteiger partial charge in [0.25, 0.3) is 0 Å². The molecule has 0 aliphatic heterocycles. The molecule has 3 heteroatoms. The van der Waals surface area contributed by atoms with Crippen LogP contribution < -0.4 is 5.73 Å². The van der Waals surface area contributed by atoms with Crippen LogP contribution in [0.4, 0.5) is 11.5 Å². The zero-order valence-electron chi connectivity index (χ0n) is 6.97. The molecule has 2 N–H and O–H groups in total. The largest absolute Gasteiger partial charge is 0.394 e. The fourth-order valence-electron chi connectivity index (χ4n) is 1.10. The predicted molar refractivity (Wildman–Crippen MR) is 45.6 cm³/mol. The Morgan fingerprint density at radius 1 is 1.45 bits per heavy atom. The summed E-state index contributed by atoms with van der Waals surface area (Å²) < 4.78 is 1.84. The van der Waals surface area contributed by atoms with Crippen molar-refractivity contribution in [3.63, 3.8) is 0 Å². The zero-order chi connectivity index (χ0) is 8.59. The Morgan fingerprint density at radius 2 is 2.00 bits per heavy atom. The fraction of sp³-hybridized carbons (Fsp3) is 0.375. The molecule has 0 bridgehead atoms. The first-order valence-corrected chi connectivity index (χ1v) is 3.38. The predicted octanol–water partition coefficient (Wildman–Crippen LogP) is 1.77. The summed E-state index contributed by atoms with van der Waals surface area (Å²) in [5.41, 5.74) is 8.30. The lowest BCUT2D eigenvalue weighted by Gasteiger charge is -1.98. The molecule has 0 fully saturated rings. The minimum Gasteiger partial charge on any atom is -0.394 e. The van der Waals surface area contributed by atoms with Gasteiger partial charge in [-0.15, -0.1) is 0 Å². The van der Waals surface area contributed by atoms with Gasteiger partial charge in [0.1, 0.15) is 5.82 Å². The van der Waals surface area contributed by atoms with Crippen LogP contribution in [0.15, 0.2) is 0 Å². The van der Waals surface area contributed by atoms with Crippen molar-refractivity contribution in [1.82, 2.24) is 4.57 Å². The third-order valence-electron chi connectivity index (χ3n) is 2.12. The summed E-state index contributed by atoms with van der Waals surface area (Å²) >= 11 is 0. The van der Waals surface area contributed by atoms with E-state index in [0.717, 1.165) is 11.3 Å². The fourth-order valence-corrected chi connectivity index (χ4v) is 1.10. The lowest BCUT2D eigenvalue weighted by atomic mass is 10.2. The van der Waals surface area contributed by atoms with E-state index in [2.05, 4.69) is 4.85 Å². The minimum absolute atomic E-state index is 0.565. The Balaban J connectivity index is 3.51. The van der Waals surface area contributed by atoms with Gasteiger partial charge in [-0.3, -0.25) is 0 Å². The molecule has 3 nitrogen and oxygen atoms in total. The number of nitrogens with two attached hydrogens (primary N) is 1. The highest BCUT2D eigenvalue weighted by Gasteiger charge is 2.11. The molecule has 0 aromatic carbocycles. The van der Waals surface area contributed by atoms with E-state index in [1.807, 2.05) is 25.5 Å². The second-order valence-electron chi connectivity index (χ2n) is 2.62. The van der Waals surface area contributed by atoms with Crippen LogP contribution in [0.25, 0.3) is 4.85 Å². The molecule has 0 amide bonds. The lowest BCUT2D eigenvalue weighted by molar-refractivity contribution is 0.889. The number of nitrogen functional groups attached to an aromatic ring is 1. The van der Waals surface area contributed by atoms with Crippen LogP contribution in [0, 0.1) is 20.4 Å². The topological polar surface area (TPSA) is 35.3 Å². The van der Waals surface area contributed by atoms with Gasteiger partial charge in [-0.1, -0.05) is 0 Å². The van der Waals surface area contributed by atoms with Crippen molar-refractivity contribution in [3.8, 4) is 0 Å². The first-order valence-electron chi connectivity index (χ1n) is 3.38. The van der Waals surface area contributed by atoms with E-state index < -0.39 is 0 Å². The maximum absolute atomic E-state index is 6.87. The molecule has 0 unspecified atom stereocenters. The van der Waals surface area contributed by atoms with Crippen LogP contribution in [0.1, 0.15) is 11.3 Å². The summed E-state index contributed by atoms with van der Waals surface area (Å²) in [4.78, 5) is 3.36. The van der Waals surface area contributed by atoms with Crippen molar-refractivity contribution < 1.29 is 0 Å². The normalized spacial score (nSPS) is 9.64. The average molecular weight is 149 g/mol. The third-order valence-corrected chi connectivity index (χ3v) is 2.12. The number of rotatable bonds is 0. The molecule has 0 saturated carbocycles. The van der Waals surface area contributed by atoms with Gasteiger partial charge in [0.2, 0.25) is 5.69 Å². The summed E-state index contributed by atoms with van der Waals surface area (Å²) in [7, 11) is 1.87. The Hall–Kier alpha value is -1.43. The first-order chi connectivity index (χ1) is 5.09. The van der Waals surface area contributed by atoms with Gasteiger partial charge in [0.05, 0.1) is 6.57 Å². The van der Waals surface area contributed by atoms with Gasteiger partial charge in [0.15, 0.2) is 0 Å². The van der Waals surface area contributed by atoms with E-state index in [0.29, 0.717) is 11.5 Å². The van der Waals surface area contributed by atoms with Crippen LogP contribution in [-0.2, 0) is 7.05 Å². The van der Waals surface area contributed by atoms with E-state index in [9.17, 15) is 0 Å². The smallest absolute Gasteiger partial charge is 0.230 e. The molecule has 11 heavy (non-hydrogen) atoms. The maximum Gasteiger partial charge on any atom is 0.230 e. The standard InChI is InChI=1S/C8H11N3/c1-5-6(2)11(4)8(9)7(5)10-3/h9H2,1-2,4H3. The lowest BCUT2D eigenvalue weighted by Crippen LogP contribution is -1.96. The van der Waals surface area contributed by atoms with Gasteiger partial charge in [-0.2, -0.15) is 0 Å². The van der Waals surface area contributed by atoms with Crippen molar-refractivity contribution in [3.05, 3.63) is 22.7 Å². The highest BCUT2D eigenvalue weighted by molar-refractivity contribution is 5.70. The summed E-state index contributed by atoms with van der Waals surface area (Å²) in [5.74, 6) is 0.565. The third kappa shape index (κ3) is 0.874. The van der Waals surface area contributed by atoms with E-state index in [1.165, 1.54) is 0 Å². The van der Waals surface area contributed by atoms with E-state index in [4.69, 9.17) is 12.3 Å². The molecular formula is C8H11N3. The molecular weight excluding hydrogens is 138 g/mol. The van der Waals surface area contributed by atoms with Gasteiger partial charge in [-0.05, 0) is 19.4 Å². The molecule has 0 aliphatic rings. The average Bonchev–Trinajstić information content (AvgIpc) is 2.17. The maximum atomic E-state index is 6.87. The van der Waals surface area contributed by atoms with Crippen molar-refractivity contribution in [2.75, 3.05) is 5.73 Å². The van der Waals surface area contributed by atoms with Crippen molar-refractivity contribution >= 4 is 11.5 Å². The Labute approximate surface area is 66.3 Å². The van der Waals surface area contributed by atoms with Crippen molar-refractivity contribution in [2.24, 2.45) is 7.05 Å². The summed E-state index contributed by atoms with van der Waals surface area (Å²) in [6.45, 7) is 10.7. The molecule has 0 saturated heterocycles. The second-order valence-corrected chi connectivity index (χ2v) is 2.62. The van der Waals surface area contributed by atoms with E-state index in [-0.39, 0.29) is 0 Å². The molecule has 0 atom stereocenters. The highest BCUT2D eigenvalue weighted by Crippen LogP contribution is 2.30. The van der Waals surface area contributed by atoms with Crippen molar-refractivity contribution in [1.29, 1.82) is 0 Å². The number of nitrogens with zero attached hydrogens (tertiary/aromatic N) is 2. The number of hydrogen-bond donors (Lipinski definition) is 1. The van der Waals surface area contributed by atoms with E-state index >= 15 is 0 Å². The second kappa shape index (κ2) is 2.31. The first kappa shape index (κ1) is 7.67. The van der Waals surface area contributed by atoms with Crippen molar-refractivity contribution in [2.45, 2.75) is 13.8 Å². The summed E-state index contributed by atoms with van der Waals surface area (Å²) in [6, 6.07) is 0. The molecule has 58 valence electrons. The zero-order valence-corrected chi connectivity index (χ0v) is 6.97. The summed E-state index contributed by atoms with van der Waals surface area (Å²) in [6.07, 6.45) is 0. The molecule has 0 radical (unpaired) electrons. The van der Waals surface area contributed by atoms with E-state index in [1.54, 1.807) is 0 Å². The quantitative estimate of drug-likeness (QED) is 0.560.